The van der Waals surface area contributed by atoms with Crippen LogP contribution in [0.15, 0.2) is 186 Å². The standard InChI is InChI=1S/C49H30N4O/c1-4-15-31(16-5-1)39-30-40-36-22-12-13-25-42(36)53(46(40)37-23-11-10-21-35(37)39)34-27-28-43-41(29-34)45-38(24-14-26-44(45)54-43)49-51-47(32-17-6-2-7-18-32)50-48(52-49)33-19-8-3-9-20-33/h1-30H. The Hall–Kier alpha value is -7.37. The van der Waals surface area contributed by atoms with Gasteiger partial charge in [0.05, 0.1) is 11.0 Å². The number of hydrogen-bond acceptors (Lipinski definition) is 4. The Morgan fingerprint density at radius 3 is 1.67 bits per heavy atom. The molecule has 5 nitrogen and oxygen atoms in total. The minimum atomic E-state index is 0.595. The van der Waals surface area contributed by atoms with E-state index in [2.05, 4.69) is 114 Å². The molecule has 0 unspecified atom stereocenters. The summed E-state index contributed by atoms with van der Waals surface area (Å²) in [6, 6.07) is 63.3. The summed E-state index contributed by atoms with van der Waals surface area (Å²) in [5.41, 5.74) is 10.1. The first-order valence-electron chi connectivity index (χ1n) is 18.1. The second-order valence-corrected chi connectivity index (χ2v) is 13.6. The Bertz CT molecular complexity index is 3140. The van der Waals surface area contributed by atoms with Crippen molar-refractivity contribution in [2.75, 3.05) is 0 Å². The fourth-order valence-electron chi connectivity index (χ4n) is 8.02. The predicted molar refractivity (Wildman–Crippen MR) is 221 cm³/mol. The van der Waals surface area contributed by atoms with E-state index in [0.717, 1.165) is 49.8 Å². The molecule has 11 aromatic rings. The van der Waals surface area contributed by atoms with Gasteiger partial charge in [-0.2, -0.15) is 0 Å². The van der Waals surface area contributed by atoms with E-state index in [1.54, 1.807) is 0 Å². The highest BCUT2D eigenvalue weighted by Crippen LogP contribution is 2.43. The molecule has 0 amide bonds. The maximum absolute atomic E-state index is 6.55. The largest absolute Gasteiger partial charge is 0.456 e. The zero-order chi connectivity index (χ0) is 35.6. The SMILES string of the molecule is c1ccc(-c2nc(-c3ccccc3)nc(-c3cccc4oc5ccc(-n6c7ccccc7c7cc(-c8ccccc8)c8ccccc8c76)cc5c34)n2)cc1. The molecule has 0 aliphatic heterocycles. The quantitative estimate of drug-likeness (QED) is 0.180. The van der Waals surface area contributed by atoms with Crippen molar-refractivity contribution in [3.05, 3.63) is 182 Å². The van der Waals surface area contributed by atoms with Crippen LogP contribution < -0.4 is 0 Å². The van der Waals surface area contributed by atoms with Gasteiger partial charge in [0, 0.05) is 49.3 Å². The number of aromatic nitrogens is 4. The third-order valence-corrected chi connectivity index (χ3v) is 10.4. The van der Waals surface area contributed by atoms with Crippen LogP contribution in [0, 0.1) is 0 Å². The second-order valence-electron chi connectivity index (χ2n) is 13.6. The van der Waals surface area contributed by atoms with Crippen LogP contribution in [-0.4, -0.2) is 19.5 Å². The number of fused-ring (bicyclic) bond motifs is 8. The van der Waals surface area contributed by atoms with Gasteiger partial charge in [0.2, 0.25) is 0 Å². The van der Waals surface area contributed by atoms with Crippen LogP contribution in [0.4, 0.5) is 0 Å². The number of benzene rings is 8. The van der Waals surface area contributed by atoms with Crippen molar-refractivity contribution >= 4 is 54.5 Å². The predicted octanol–water partition coefficient (Wildman–Crippen LogP) is 12.7. The van der Waals surface area contributed by atoms with Gasteiger partial charge >= 0.3 is 0 Å². The van der Waals surface area contributed by atoms with Crippen molar-refractivity contribution in [1.82, 2.24) is 19.5 Å². The molecule has 0 atom stereocenters. The molecule has 0 bridgehead atoms. The van der Waals surface area contributed by atoms with Gasteiger partial charge in [-0.1, -0.05) is 146 Å². The zero-order valence-corrected chi connectivity index (χ0v) is 29.0. The molecule has 252 valence electrons. The van der Waals surface area contributed by atoms with Crippen molar-refractivity contribution < 1.29 is 4.42 Å². The lowest BCUT2D eigenvalue weighted by molar-refractivity contribution is 0.669. The summed E-state index contributed by atoms with van der Waals surface area (Å²) in [6.07, 6.45) is 0. The summed E-state index contributed by atoms with van der Waals surface area (Å²) in [5.74, 6) is 1.84. The number of hydrogen-bond donors (Lipinski definition) is 0. The minimum Gasteiger partial charge on any atom is -0.456 e. The molecule has 8 aromatic carbocycles. The molecule has 0 fully saturated rings. The van der Waals surface area contributed by atoms with Gasteiger partial charge in [0.1, 0.15) is 11.2 Å². The molecule has 0 aliphatic carbocycles. The molecule has 54 heavy (non-hydrogen) atoms. The molecular weight excluding hydrogens is 661 g/mol. The number of rotatable bonds is 5. The Morgan fingerprint density at radius 2 is 0.963 bits per heavy atom. The summed E-state index contributed by atoms with van der Waals surface area (Å²) in [7, 11) is 0. The van der Waals surface area contributed by atoms with Crippen LogP contribution in [0.5, 0.6) is 0 Å². The lowest BCUT2D eigenvalue weighted by atomic mass is 9.95. The maximum atomic E-state index is 6.55. The first-order chi connectivity index (χ1) is 26.8. The van der Waals surface area contributed by atoms with Crippen molar-refractivity contribution in [3.63, 3.8) is 0 Å². The van der Waals surface area contributed by atoms with Crippen LogP contribution >= 0.6 is 0 Å². The van der Waals surface area contributed by atoms with E-state index in [1.807, 2.05) is 72.8 Å². The number of furan rings is 1. The van der Waals surface area contributed by atoms with Gasteiger partial charge in [0.25, 0.3) is 0 Å². The van der Waals surface area contributed by atoms with Gasteiger partial charge in [-0.05, 0) is 52.9 Å². The lowest BCUT2D eigenvalue weighted by Gasteiger charge is -2.13. The normalized spacial score (nSPS) is 11.7. The van der Waals surface area contributed by atoms with Gasteiger partial charge in [-0.25, -0.2) is 15.0 Å². The maximum Gasteiger partial charge on any atom is 0.164 e. The fourth-order valence-corrected chi connectivity index (χ4v) is 8.02. The number of para-hydroxylation sites is 1. The Labute approximate surface area is 310 Å². The summed E-state index contributed by atoms with van der Waals surface area (Å²) in [6.45, 7) is 0. The molecule has 5 heteroatoms. The van der Waals surface area contributed by atoms with E-state index >= 15 is 0 Å². The van der Waals surface area contributed by atoms with Gasteiger partial charge < -0.3 is 8.98 Å². The van der Waals surface area contributed by atoms with Crippen molar-refractivity contribution in [2.45, 2.75) is 0 Å². The molecule has 0 N–H and O–H groups in total. The average Bonchev–Trinajstić information content (AvgIpc) is 3.80. The minimum absolute atomic E-state index is 0.595. The molecule has 3 aromatic heterocycles. The molecule has 0 saturated heterocycles. The molecule has 0 radical (unpaired) electrons. The first-order valence-corrected chi connectivity index (χ1v) is 18.1. The summed E-state index contributed by atoms with van der Waals surface area (Å²) < 4.78 is 8.96. The third kappa shape index (κ3) is 4.76. The summed E-state index contributed by atoms with van der Waals surface area (Å²) in [4.78, 5) is 15.1. The van der Waals surface area contributed by atoms with Crippen LogP contribution in [0.25, 0.3) is 105 Å². The molecule has 3 heterocycles. The highest BCUT2D eigenvalue weighted by atomic mass is 16.3. The lowest BCUT2D eigenvalue weighted by Crippen LogP contribution is -2.00. The van der Waals surface area contributed by atoms with E-state index in [-0.39, 0.29) is 0 Å². The van der Waals surface area contributed by atoms with Crippen LogP contribution in [-0.2, 0) is 0 Å². The van der Waals surface area contributed by atoms with E-state index in [0.29, 0.717) is 17.5 Å². The first kappa shape index (κ1) is 30.3. The molecule has 0 spiro atoms. The fraction of sp³-hybridized carbons (Fsp3) is 0. The van der Waals surface area contributed by atoms with Crippen LogP contribution in [0.2, 0.25) is 0 Å². The Balaban J connectivity index is 1.18. The second kappa shape index (κ2) is 12.1. The van der Waals surface area contributed by atoms with E-state index in [1.165, 1.54) is 38.2 Å². The molecular formula is C49H30N4O. The van der Waals surface area contributed by atoms with Crippen LogP contribution in [0.1, 0.15) is 0 Å². The summed E-state index contributed by atoms with van der Waals surface area (Å²) >= 11 is 0. The van der Waals surface area contributed by atoms with E-state index in [9.17, 15) is 0 Å². The Morgan fingerprint density at radius 1 is 0.370 bits per heavy atom. The topological polar surface area (TPSA) is 56.7 Å². The van der Waals surface area contributed by atoms with Gasteiger partial charge in [-0.3, -0.25) is 0 Å². The van der Waals surface area contributed by atoms with Crippen molar-refractivity contribution in [3.8, 4) is 51.0 Å². The third-order valence-electron chi connectivity index (χ3n) is 10.4. The van der Waals surface area contributed by atoms with Gasteiger partial charge in [-0.15, -0.1) is 0 Å². The Kier molecular flexibility index (Phi) is 6.79. The van der Waals surface area contributed by atoms with Crippen molar-refractivity contribution in [1.29, 1.82) is 0 Å². The zero-order valence-electron chi connectivity index (χ0n) is 29.0. The number of nitrogens with zero attached hydrogens (tertiary/aromatic N) is 4. The molecule has 0 aliphatic rings. The van der Waals surface area contributed by atoms with E-state index < -0.39 is 0 Å². The smallest absolute Gasteiger partial charge is 0.164 e. The monoisotopic (exact) mass is 690 g/mol. The van der Waals surface area contributed by atoms with Crippen LogP contribution in [0.3, 0.4) is 0 Å². The molecule has 11 rings (SSSR count). The van der Waals surface area contributed by atoms with Crippen molar-refractivity contribution in [2.24, 2.45) is 0 Å². The highest BCUT2D eigenvalue weighted by Gasteiger charge is 2.21. The highest BCUT2D eigenvalue weighted by molar-refractivity contribution is 6.22. The molecule has 0 saturated carbocycles. The van der Waals surface area contributed by atoms with Gasteiger partial charge in [0.15, 0.2) is 17.5 Å². The average molecular weight is 691 g/mol. The summed E-state index contributed by atoms with van der Waals surface area (Å²) in [5, 5.41) is 6.81. The van der Waals surface area contributed by atoms with E-state index in [4.69, 9.17) is 19.4 Å².